The second-order valence-electron chi connectivity index (χ2n) is 23.4. The summed E-state index contributed by atoms with van der Waals surface area (Å²) in [7, 11) is 0. The van der Waals surface area contributed by atoms with Gasteiger partial charge in [0.1, 0.15) is 0 Å². The molecular weight excluding hydrogens is 866 g/mol. The molecule has 2 atom stereocenters. The van der Waals surface area contributed by atoms with Gasteiger partial charge in [0.25, 0.3) is 6.71 Å². The van der Waals surface area contributed by atoms with E-state index in [0.717, 1.165) is 6.42 Å². The highest BCUT2D eigenvalue weighted by molar-refractivity contribution is 7.25. The van der Waals surface area contributed by atoms with E-state index < -0.39 is 0 Å². The first-order valence-electron chi connectivity index (χ1n) is 25.7. The fourth-order valence-corrected chi connectivity index (χ4v) is 14.3. The lowest BCUT2D eigenvalue weighted by molar-refractivity contribution is 0.195. The van der Waals surface area contributed by atoms with Crippen LogP contribution < -0.4 is 31.1 Å². The van der Waals surface area contributed by atoms with Crippen molar-refractivity contribution < 1.29 is 0 Å². The fourth-order valence-electron chi connectivity index (χ4n) is 13.2. The number of benzene rings is 8. The Hall–Kier alpha value is -6.56. The molecule has 13 rings (SSSR count). The smallest absolute Gasteiger partial charge is 0.252 e. The fraction of sp³-hybridized carbons (Fsp3) is 0.262. The van der Waals surface area contributed by atoms with Crippen LogP contribution in [0, 0.1) is 6.92 Å². The Labute approximate surface area is 419 Å². The number of rotatable bonds is 4. The zero-order chi connectivity index (χ0) is 48.1. The van der Waals surface area contributed by atoms with Gasteiger partial charge >= 0.3 is 0 Å². The molecule has 1 saturated carbocycles. The first-order valence-corrected chi connectivity index (χ1v) is 26.5. The lowest BCUT2D eigenvalue weighted by Crippen LogP contribution is -2.61. The molecular formula is C65H62BN3S. The van der Waals surface area contributed by atoms with Crippen molar-refractivity contribution in [1.29, 1.82) is 0 Å². The third-order valence-corrected chi connectivity index (χ3v) is 18.3. The Morgan fingerprint density at radius 3 is 1.89 bits per heavy atom. The van der Waals surface area contributed by atoms with E-state index >= 15 is 0 Å². The van der Waals surface area contributed by atoms with E-state index in [1.165, 1.54) is 135 Å². The van der Waals surface area contributed by atoms with Crippen LogP contribution in [-0.2, 0) is 16.2 Å². The Balaban J connectivity index is 1.07. The zero-order valence-electron chi connectivity index (χ0n) is 42.2. The largest absolute Gasteiger partial charge is 0.334 e. The van der Waals surface area contributed by atoms with E-state index in [0.29, 0.717) is 0 Å². The molecule has 1 fully saturated rings. The highest BCUT2D eigenvalue weighted by atomic mass is 32.1. The van der Waals surface area contributed by atoms with Gasteiger partial charge in [-0.3, -0.25) is 0 Å². The summed E-state index contributed by atoms with van der Waals surface area (Å²) in [5, 5.41) is 2.64. The van der Waals surface area contributed by atoms with Crippen LogP contribution >= 0.6 is 11.3 Å². The van der Waals surface area contributed by atoms with Crippen LogP contribution in [0.5, 0.6) is 0 Å². The minimum atomic E-state index is -0.0966. The van der Waals surface area contributed by atoms with Crippen LogP contribution in [0.25, 0.3) is 31.3 Å². The third kappa shape index (κ3) is 6.32. The Kier molecular flexibility index (Phi) is 9.45. The molecule has 0 N–H and O–H groups in total. The number of nitrogens with zero attached hydrogens (tertiary/aromatic N) is 3. The van der Waals surface area contributed by atoms with Gasteiger partial charge in [0, 0.05) is 71.1 Å². The highest BCUT2D eigenvalue weighted by Gasteiger charge is 2.58. The van der Waals surface area contributed by atoms with Gasteiger partial charge in [-0.2, -0.15) is 0 Å². The number of aryl methyl sites for hydroxylation is 1. The number of fused-ring (bicyclic) bond motifs is 10. The van der Waals surface area contributed by atoms with E-state index in [-0.39, 0.29) is 28.5 Å². The summed E-state index contributed by atoms with van der Waals surface area (Å²) in [6, 6.07) is 63.7. The van der Waals surface area contributed by atoms with Gasteiger partial charge in [0.05, 0.1) is 5.54 Å². The Morgan fingerprint density at radius 1 is 0.486 bits per heavy atom. The van der Waals surface area contributed by atoms with Crippen LogP contribution in [-0.4, -0.2) is 12.3 Å². The summed E-state index contributed by atoms with van der Waals surface area (Å²) in [6.45, 7) is 21.5. The zero-order valence-corrected chi connectivity index (χ0v) is 43.1. The average molecular weight is 928 g/mol. The minimum Gasteiger partial charge on any atom is -0.334 e. The van der Waals surface area contributed by atoms with Crippen molar-refractivity contribution >= 4 is 100 Å². The molecule has 0 bridgehead atoms. The monoisotopic (exact) mass is 927 g/mol. The molecule has 0 saturated heterocycles. The van der Waals surface area contributed by atoms with Gasteiger partial charge in [0.2, 0.25) is 0 Å². The molecule has 3 nitrogen and oxygen atoms in total. The van der Waals surface area contributed by atoms with Crippen molar-refractivity contribution in [1.82, 2.24) is 0 Å². The molecule has 1 aromatic heterocycles. The van der Waals surface area contributed by atoms with E-state index in [4.69, 9.17) is 0 Å². The van der Waals surface area contributed by atoms with Crippen molar-refractivity contribution in [3.8, 4) is 11.1 Å². The van der Waals surface area contributed by atoms with E-state index in [2.05, 4.69) is 241 Å². The summed E-state index contributed by atoms with van der Waals surface area (Å²) in [4.78, 5) is 8.02. The van der Waals surface area contributed by atoms with Crippen LogP contribution in [0.2, 0.25) is 0 Å². The molecule has 70 heavy (non-hydrogen) atoms. The molecule has 0 radical (unpaired) electrons. The SMILES string of the molecule is Cc1cc2c3c(c1)N(c1ccc4sc5ccccc5c4c1)c1cc(C(C)(C)C)ccc1B3c1ccc(N3c4ccc(-c5ccccc5)cc4C4(C)CCCCC34C)cc1N2c1cccc(C(C)(C)C)c1. The molecule has 0 spiro atoms. The van der Waals surface area contributed by atoms with Crippen molar-refractivity contribution in [2.24, 2.45) is 0 Å². The lowest BCUT2D eigenvalue weighted by Gasteiger charge is -2.50. The summed E-state index contributed by atoms with van der Waals surface area (Å²) in [5.74, 6) is 0. The molecule has 1 aliphatic carbocycles. The summed E-state index contributed by atoms with van der Waals surface area (Å²) >= 11 is 1.89. The number of thiophene rings is 1. The number of anilines is 8. The van der Waals surface area contributed by atoms with Gasteiger partial charge in [-0.15, -0.1) is 11.3 Å². The molecule has 346 valence electrons. The molecule has 4 aliphatic rings. The molecule has 3 aliphatic heterocycles. The maximum absolute atomic E-state index is 2.77. The highest BCUT2D eigenvalue weighted by Crippen LogP contribution is 2.62. The van der Waals surface area contributed by atoms with Crippen LogP contribution in [0.4, 0.5) is 45.5 Å². The third-order valence-electron chi connectivity index (χ3n) is 17.1. The number of hydrogen-bond donors (Lipinski definition) is 0. The molecule has 4 heterocycles. The lowest BCUT2D eigenvalue weighted by atomic mass is 9.33. The van der Waals surface area contributed by atoms with E-state index in [9.17, 15) is 0 Å². The van der Waals surface area contributed by atoms with Crippen molar-refractivity contribution in [3.63, 3.8) is 0 Å². The van der Waals surface area contributed by atoms with Crippen LogP contribution in [0.15, 0.2) is 164 Å². The van der Waals surface area contributed by atoms with Gasteiger partial charge < -0.3 is 14.7 Å². The summed E-state index contributed by atoms with van der Waals surface area (Å²) in [6.07, 6.45) is 4.81. The van der Waals surface area contributed by atoms with Gasteiger partial charge in [-0.25, -0.2) is 0 Å². The number of hydrogen-bond acceptors (Lipinski definition) is 4. The van der Waals surface area contributed by atoms with E-state index in [1.54, 1.807) is 0 Å². The summed E-state index contributed by atoms with van der Waals surface area (Å²) < 4.78 is 2.65. The van der Waals surface area contributed by atoms with Crippen LogP contribution in [0.3, 0.4) is 0 Å². The first-order chi connectivity index (χ1) is 33.6. The predicted molar refractivity (Wildman–Crippen MR) is 304 cm³/mol. The van der Waals surface area contributed by atoms with Crippen molar-refractivity contribution in [2.75, 3.05) is 14.7 Å². The average Bonchev–Trinajstić information content (AvgIpc) is 3.82. The van der Waals surface area contributed by atoms with Crippen molar-refractivity contribution in [2.45, 2.75) is 110 Å². The Bertz CT molecular complexity index is 3610. The molecule has 8 aromatic carbocycles. The predicted octanol–water partition coefficient (Wildman–Crippen LogP) is 16.4. The molecule has 5 heteroatoms. The van der Waals surface area contributed by atoms with Gasteiger partial charge in [-0.1, -0.05) is 146 Å². The summed E-state index contributed by atoms with van der Waals surface area (Å²) in [5.41, 5.74) is 22.0. The first kappa shape index (κ1) is 43.5. The molecule has 0 amide bonds. The quantitative estimate of drug-likeness (QED) is 0.163. The standard InChI is InChI=1S/C65H62BN3S/c1-41-34-57-61-58(35-41)68(47-27-31-60-50(39-47)49-22-13-14-23-59(49)70-60)55-38-45(63(5,6)7)25-28-52(55)66(61)53-29-26-48(40-56(53)67(57)46-21-17-20-44(37-46)62(2,3)4)69-54-30-24-43(42-18-11-10-12-19-42)36-51(54)64(8)32-15-16-33-65(64,69)9/h10-14,17-31,34-40H,15-16,32-33H2,1-9H3. The molecule has 9 aromatic rings. The second kappa shape index (κ2) is 15.2. The maximum atomic E-state index is 2.77. The Morgan fingerprint density at radius 2 is 1.13 bits per heavy atom. The van der Waals surface area contributed by atoms with Gasteiger partial charge in [-0.05, 0) is 166 Å². The molecule has 2 unspecified atom stereocenters. The van der Waals surface area contributed by atoms with E-state index in [1.807, 2.05) is 11.3 Å². The normalized spacial score (nSPS) is 19.3. The second-order valence-corrected chi connectivity index (χ2v) is 24.5. The maximum Gasteiger partial charge on any atom is 0.252 e. The van der Waals surface area contributed by atoms with Gasteiger partial charge in [0.15, 0.2) is 0 Å². The topological polar surface area (TPSA) is 9.72 Å². The van der Waals surface area contributed by atoms with Crippen LogP contribution in [0.1, 0.15) is 103 Å². The van der Waals surface area contributed by atoms with Crippen molar-refractivity contribution in [3.05, 3.63) is 186 Å². The minimum absolute atomic E-state index is 0.00449.